The van der Waals surface area contributed by atoms with E-state index >= 15 is 0 Å². The van der Waals surface area contributed by atoms with Crippen LogP contribution in [0.25, 0.3) is 11.1 Å². The van der Waals surface area contributed by atoms with E-state index in [4.69, 9.17) is 16.3 Å². The zero-order valence-corrected chi connectivity index (χ0v) is 21.8. The largest absolute Gasteiger partial charge is 0.383 e. The van der Waals surface area contributed by atoms with Crippen LogP contribution in [-0.4, -0.2) is 46.9 Å². The van der Waals surface area contributed by atoms with E-state index in [0.29, 0.717) is 17.3 Å². The molecule has 6 nitrogen and oxygen atoms in total. The Bertz CT molecular complexity index is 1260. The lowest BCUT2D eigenvalue weighted by molar-refractivity contribution is -0.115. The molecule has 0 heterocycles. The van der Waals surface area contributed by atoms with Gasteiger partial charge in [-0.3, -0.25) is 4.79 Å². The second-order valence-electron chi connectivity index (χ2n) is 8.06. The quantitative estimate of drug-likeness (QED) is 0.368. The maximum Gasteiger partial charge on any atom is 0.228 e. The van der Waals surface area contributed by atoms with Crippen LogP contribution < -0.4 is 10.2 Å². The molecule has 3 aromatic rings. The second-order valence-corrected chi connectivity index (χ2v) is 10.7. The lowest BCUT2D eigenvalue weighted by Gasteiger charge is -2.26. The van der Waals surface area contributed by atoms with Crippen LogP contribution in [0.3, 0.4) is 0 Å². The first kappa shape index (κ1) is 26.7. The number of anilines is 2. The number of nitrogens with zero attached hydrogens (tertiary/aromatic N) is 1. The summed E-state index contributed by atoms with van der Waals surface area (Å²) in [6.07, 6.45) is 0.125. The smallest absolute Gasteiger partial charge is 0.228 e. The molecule has 0 spiro atoms. The number of rotatable bonds is 11. The van der Waals surface area contributed by atoms with Gasteiger partial charge in [-0.15, -0.1) is 0 Å². The number of hydrogen-bond donors (Lipinski definition) is 1. The van der Waals surface area contributed by atoms with Crippen molar-refractivity contribution in [2.75, 3.05) is 42.8 Å². The van der Waals surface area contributed by atoms with Crippen LogP contribution in [0, 0.1) is 0 Å². The van der Waals surface area contributed by atoms with E-state index in [1.165, 1.54) is 12.1 Å². The average Bonchev–Trinajstić information content (AvgIpc) is 2.85. The van der Waals surface area contributed by atoms with E-state index < -0.39 is 9.84 Å². The molecule has 0 aliphatic heterocycles. The molecule has 186 valence electrons. The summed E-state index contributed by atoms with van der Waals surface area (Å²) in [5.41, 5.74) is 4.28. The van der Waals surface area contributed by atoms with Gasteiger partial charge in [0.05, 0.1) is 28.7 Å². The molecule has 0 saturated carbocycles. The van der Waals surface area contributed by atoms with Crippen LogP contribution in [-0.2, 0) is 25.8 Å². The number of hydrogen-bond acceptors (Lipinski definition) is 5. The third-order valence-corrected chi connectivity index (χ3v) is 7.83. The first-order chi connectivity index (χ1) is 16.8. The molecule has 3 rings (SSSR count). The number of amides is 1. The topological polar surface area (TPSA) is 75.7 Å². The van der Waals surface area contributed by atoms with Gasteiger partial charge in [-0.1, -0.05) is 54.9 Å². The van der Waals surface area contributed by atoms with Crippen molar-refractivity contribution in [3.63, 3.8) is 0 Å². The first-order valence-corrected chi connectivity index (χ1v) is 13.6. The zero-order chi connectivity index (χ0) is 25.4. The normalized spacial score (nSPS) is 11.3. The number of methoxy groups -OCH3 is 1. The Morgan fingerprint density at radius 3 is 2.34 bits per heavy atom. The van der Waals surface area contributed by atoms with Crippen LogP contribution in [0.4, 0.5) is 11.4 Å². The molecule has 0 bridgehead atoms. The van der Waals surface area contributed by atoms with Gasteiger partial charge in [0, 0.05) is 42.7 Å². The van der Waals surface area contributed by atoms with Gasteiger partial charge in [0.2, 0.25) is 5.91 Å². The maximum absolute atomic E-state index is 12.6. The highest BCUT2D eigenvalue weighted by atomic mass is 35.5. The standard InChI is InChI=1S/C27H31ClN2O4S/c1-4-30(16-17-34-3)26-9-7-6-8-24(26)23-15-12-21(19-25(23)28)29-27(31)18-20-10-13-22(14-11-20)35(32,33)5-2/h6-15,19H,4-5,16-18H2,1-3H3,(H,29,31). The summed E-state index contributed by atoms with van der Waals surface area (Å²) in [5, 5.41) is 3.41. The number of sulfone groups is 1. The van der Waals surface area contributed by atoms with E-state index in [0.717, 1.165) is 35.5 Å². The van der Waals surface area contributed by atoms with Crippen LogP contribution in [0.5, 0.6) is 0 Å². The van der Waals surface area contributed by atoms with Crippen molar-refractivity contribution >= 4 is 38.7 Å². The zero-order valence-electron chi connectivity index (χ0n) is 20.3. The summed E-state index contributed by atoms with van der Waals surface area (Å²) in [6, 6.07) is 20.0. The monoisotopic (exact) mass is 514 g/mol. The summed E-state index contributed by atoms with van der Waals surface area (Å²) >= 11 is 6.65. The molecule has 0 fully saturated rings. The van der Waals surface area contributed by atoms with Crippen LogP contribution in [0.1, 0.15) is 19.4 Å². The highest BCUT2D eigenvalue weighted by Gasteiger charge is 2.15. The fraction of sp³-hybridized carbons (Fsp3) is 0.296. The average molecular weight is 515 g/mol. The van der Waals surface area contributed by atoms with E-state index in [-0.39, 0.29) is 23.0 Å². The molecule has 0 aromatic heterocycles. The molecule has 0 saturated heterocycles. The third kappa shape index (κ3) is 6.84. The van der Waals surface area contributed by atoms with Crippen LogP contribution in [0.2, 0.25) is 5.02 Å². The molecule has 0 atom stereocenters. The van der Waals surface area contributed by atoms with E-state index in [2.05, 4.69) is 23.2 Å². The first-order valence-electron chi connectivity index (χ1n) is 11.5. The number of ether oxygens (including phenoxy) is 1. The predicted molar refractivity (Wildman–Crippen MR) is 143 cm³/mol. The molecule has 8 heteroatoms. The Balaban J connectivity index is 1.74. The molecule has 35 heavy (non-hydrogen) atoms. The predicted octanol–water partition coefficient (Wildman–Crippen LogP) is 5.45. The Kier molecular flexibility index (Phi) is 9.32. The summed E-state index contributed by atoms with van der Waals surface area (Å²) in [6.45, 7) is 5.92. The van der Waals surface area contributed by atoms with Crippen molar-refractivity contribution in [2.24, 2.45) is 0 Å². The van der Waals surface area contributed by atoms with Gasteiger partial charge in [-0.25, -0.2) is 8.42 Å². The molecule has 0 unspecified atom stereocenters. The molecule has 3 aromatic carbocycles. The van der Waals surface area contributed by atoms with E-state index in [1.54, 1.807) is 32.2 Å². The molecule has 0 aliphatic rings. The highest BCUT2D eigenvalue weighted by Crippen LogP contribution is 2.36. The van der Waals surface area contributed by atoms with Crippen molar-refractivity contribution in [1.29, 1.82) is 0 Å². The second kappa shape index (κ2) is 12.2. The minimum atomic E-state index is -3.26. The number of likely N-dealkylation sites (N-methyl/N-ethyl adjacent to an activating group) is 1. The number of carbonyl (C=O) groups is 1. The van der Waals surface area contributed by atoms with E-state index in [1.807, 2.05) is 30.3 Å². The Morgan fingerprint density at radius 1 is 1.00 bits per heavy atom. The molecule has 0 radical (unpaired) electrons. The van der Waals surface area contributed by atoms with E-state index in [9.17, 15) is 13.2 Å². The highest BCUT2D eigenvalue weighted by molar-refractivity contribution is 7.91. The lowest BCUT2D eigenvalue weighted by Crippen LogP contribution is -2.27. The van der Waals surface area contributed by atoms with Gasteiger partial charge < -0.3 is 15.0 Å². The molecular weight excluding hydrogens is 484 g/mol. The van der Waals surface area contributed by atoms with Gasteiger partial charge in [-0.05, 0) is 42.8 Å². The number of carbonyl (C=O) groups excluding carboxylic acids is 1. The molecule has 1 N–H and O–H groups in total. The van der Waals surface area contributed by atoms with Crippen molar-refractivity contribution in [3.8, 4) is 11.1 Å². The fourth-order valence-corrected chi connectivity index (χ4v) is 4.98. The Hall–Kier alpha value is -2.87. The molecule has 0 aliphatic carbocycles. The minimum Gasteiger partial charge on any atom is -0.383 e. The summed E-state index contributed by atoms with van der Waals surface area (Å²) < 4.78 is 29.2. The van der Waals surface area contributed by atoms with Crippen LogP contribution >= 0.6 is 11.6 Å². The fourth-order valence-electron chi connectivity index (χ4n) is 3.81. The molecule has 1 amide bonds. The van der Waals surface area contributed by atoms with Gasteiger partial charge >= 0.3 is 0 Å². The van der Waals surface area contributed by atoms with Gasteiger partial charge in [0.1, 0.15) is 0 Å². The summed E-state index contributed by atoms with van der Waals surface area (Å²) in [4.78, 5) is 15.1. The maximum atomic E-state index is 12.6. The Morgan fingerprint density at radius 2 is 1.71 bits per heavy atom. The summed E-state index contributed by atoms with van der Waals surface area (Å²) in [5.74, 6) is -0.172. The number of halogens is 1. The van der Waals surface area contributed by atoms with Crippen molar-refractivity contribution in [3.05, 3.63) is 77.3 Å². The molecular formula is C27H31ClN2O4S. The summed E-state index contributed by atoms with van der Waals surface area (Å²) in [7, 11) is -1.57. The Labute approximate surface area is 212 Å². The van der Waals surface area contributed by atoms with Crippen molar-refractivity contribution in [1.82, 2.24) is 0 Å². The van der Waals surface area contributed by atoms with Crippen molar-refractivity contribution < 1.29 is 17.9 Å². The van der Waals surface area contributed by atoms with Gasteiger partial charge in [0.15, 0.2) is 9.84 Å². The minimum absolute atomic E-state index is 0.0394. The SMILES string of the molecule is CCN(CCOC)c1ccccc1-c1ccc(NC(=O)Cc2ccc(S(=O)(=O)CC)cc2)cc1Cl. The van der Waals surface area contributed by atoms with Gasteiger partial charge in [0.25, 0.3) is 0 Å². The third-order valence-electron chi connectivity index (χ3n) is 5.76. The van der Waals surface area contributed by atoms with Crippen molar-refractivity contribution in [2.45, 2.75) is 25.2 Å². The van der Waals surface area contributed by atoms with Gasteiger partial charge in [-0.2, -0.15) is 0 Å². The number of nitrogens with one attached hydrogen (secondary N) is 1. The number of para-hydroxylation sites is 1. The van der Waals surface area contributed by atoms with Crippen LogP contribution in [0.15, 0.2) is 71.6 Å². The lowest BCUT2D eigenvalue weighted by atomic mass is 10.0. The number of benzene rings is 3.